The van der Waals surface area contributed by atoms with E-state index in [4.69, 9.17) is 0 Å². The van der Waals surface area contributed by atoms with Crippen molar-refractivity contribution in [1.29, 1.82) is 0 Å². The first-order chi connectivity index (χ1) is 11.0. The summed E-state index contributed by atoms with van der Waals surface area (Å²) in [5, 5.41) is 12.3. The van der Waals surface area contributed by atoms with Gasteiger partial charge in [-0.2, -0.15) is 4.37 Å². The summed E-state index contributed by atoms with van der Waals surface area (Å²) in [6, 6.07) is 14.8. The summed E-state index contributed by atoms with van der Waals surface area (Å²) in [6.45, 7) is 1.65. The summed E-state index contributed by atoms with van der Waals surface area (Å²) in [7, 11) is -3.65. The van der Waals surface area contributed by atoms with Crippen molar-refractivity contribution in [3.8, 4) is 0 Å². The zero-order valence-corrected chi connectivity index (χ0v) is 14.1. The van der Waals surface area contributed by atoms with E-state index in [1.807, 2.05) is 36.4 Å². The maximum Gasteiger partial charge on any atom is 0.251 e. The molecule has 1 aromatic heterocycles. The number of aryl methyl sites for hydroxylation is 1. The van der Waals surface area contributed by atoms with Gasteiger partial charge in [-0.25, -0.2) is 13.1 Å². The molecule has 0 aliphatic rings. The molecule has 1 heterocycles. The van der Waals surface area contributed by atoms with E-state index in [9.17, 15) is 13.5 Å². The van der Waals surface area contributed by atoms with Gasteiger partial charge in [0.25, 0.3) is 10.0 Å². The molecule has 0 spiro atoms. The van der Waals surface area contributed by atoms with Gasteiger partial charge in [0.2, 0.25) is 0 Å². The molecule has 0 aliphatic heterocycles. The lowest BCUT2D eigenvalue weighted by Gasteiger charge is -2.14. The Hall–Kier alpha value is -1.80. The number of aromatic nitrogens is 1. The Morgan fingerprint density at radius 1 is 1.22 bits per heavy atom. The molecule has 7 heteroatoms. The number of rotatable bonds is 5. The van der Waals surface area contributed by atoms with Crippen LogP contribution in [0.1, 0.15) is 17.4 Å². The topological polar surface area (TPSA) is 79.3 Å². The summed E-state index contributed by atoms with van der Waals surface area (Å²) < 4.78 is 31.0. The standard InChI is InChI=1S/C16H16N2O3S2/c1-11-9-16(22-18-11)23(20,21)17-10-15(19)14-8-4-6-12-5-2-3-7-13(12)14/h2-9,15,17,19H,10H2,1H3. The first kappa shape index (κ1) is 16.1. The number of aliphatic hydroxyl groups excluding tert-OH is 1. The molecular formula is C16H16N2O3S2. The zero-order chi connectivity index (χ0) is 16.4. The molecule has 1 atom stereocenters. The highest BCUT2D eigenvalue weighted by atomic mass is 32.2. The molecule has 0 saturated carbocycles. The fraction of sp³-hybridized carbons (Fsp3) is 0.188. The first-order valence-electron chi connectivity index (χ1n) is 7.06. The number of hydrogen-bond donors (Lipinski definition) is 2. The SMILES string of the molecule is Cc1cc(S(=O)(=O)NCC(O)c2cccc3ccccc23)sn1. The summed E-state index contributed by atoms with van der Waals surface area (Å²) in [6.07, 6.45) is -0.926. The smallest absolute Gasteiger partial charge is 0.251 e. The molecular weight excluding hydrogens is 332 g/mol. The van der Waals surface area contributed by atoms with Gasteiger partial charge in [0.05, 0.1) is 11.8 Å². The Morgan fingerprint density at radius 2 is 1.96 bits per heavy atom. The van der Waals surface area contributed by atoms with Crippen LogP contribution in [0.5, 0.6) is 0 Å². The summed E-state index contributed by atoms with van der Waals surface area (Å²) >= 11 is 0.924. The van der Waals surface area contributed by atoms with Crippen LogP contribution in [-0.2, 0) is 10.0 Å². The highest BCUT2D eigenvalue weighted by molar-refractivity contribution is 7.91. The van der Waals surface area contributed by atoms with E-state index in [1.54, 1.807) is 13.0 Å². The third-order valence-corrected chi connectivity index (χ3v) is 6.27. The van der Waals surface area contributed by atoms with E-state index < -0.39 is 16.1 Å². The number of sulfonamides is 1. The molecule has 0 saturated heterocycles. The lowest BCUT2D eigenvalue weighted by atomic mass is 10.0. The van der Waals surface area contributed by atoms with Crippen LogP contribution < -0.4 is 4.72 Å². The van der Waals surface area contributed by atoms with Crippen molar-refractivity contribution in [2.45, 2.75) is 17.2 Å². The molecule has 0 radical (unpaired) electrons. The number of nitrogens with zero attached hydrogens (tertiary/aromatic N) is 1. The van der Waals surface area contributed by atoms with Crippen molar-refractivity contribution in [2.24, 2.45) is 0 Å². The van der Waals surface area contributed by atoms with Crippen LogP contribution in [0.4, 0.5) is 0 Å². The summed E-state index contributed by atoms with van der Waals surface area (Å²) in [4.78, 5) is 0. The Labute approximate surface area is 138 Å². The number of aliphatic hydroxyl groups is 1. The average molecular weight is 348 g/mol. The lowest BCUT2D eigenvalue weighted by Crippen LogP contribution is -2.28. The van der Waals surface area contributed by atoms with E-state index in [-0.39, 0.29) is 10.8 Å². The van der Waals surface area contributed by atoms with Gasteiger partial charge in [-0.15, -0.1) is 0 Å². The normalized spacial score (nSPS) is 13.3. The van der Waals surface area contributed by atoms with Gasteiger partial charge in [-0.05, 0) is 40.9 Å². The third-order valence-electron chi connectivity index (χ3n) is 3.52. The minimum Gasteiger partial charge on any atom is -0.387 e. The zero-order valence-electron chi connectivity index (χ0n) is 12.4. The second-order valence-electron chi connectivity index (χ2n) is 5.22. The van der Waals surface area contributed by atoms with Gasteiger partial charge in [0, 0.05) is 6.54 Å². The third kappa shape index (κ3) is 3.42. The molecule has 0 aliphatic carbocycles. The Kier molecular flexibility index (Phi) is 4.45. The number of hydrogen-bond acceptors (Lipinski definition) is 5. The molecule has 2 aromatic carbocycles. The van der Waals surface area contributed by atoms with E-state index in [0.717, 1.165) is 22.3 Å². The maximum absolute atomic E-state index is 12.2. The van der Waals surface area contributed by atoms with Crippen LogP contribution in [0.3, 0.4) is 0 Å². The van der Waals surface area contributed by atoms with Crippen LogP contribution in [0.15, 0.2) is 52.7 Å². The fourth-order valence-corrected chi connectivity index (χ4v) is 4.41. The molecule has 3 aromatic rings. The first-order valence-corrected chi connectivity index (χ1v) is 9.32. The molecule has 5 nitrogen and oxygen atoms in total. The van der Waals surface area contributed by atoms with Crippen molar-refractivity contribution in [1.82, 2.24) is 9.10 Å². The largest absolute Gasteiger partial charge is 0.387 e. The van der Waals surface area contributed by atoms with Crippen molar-refractivity contribution < 1.29 is 13.5 Å². The number of fused-ring (bicyclic) bond motifs is 1. The van der Waals surface area contributed by atoms with Gasteiger partial charge in [0.1, 0.15) is 0 Å². The molecule has 0 bridgehead atoms. The second kappa shape index (κ2) is 6.37. The molecule has 0 amide bonds. The molecule has 120 valence electrons. The highest BCUT2D eigenvalue weighted by Crippen LogP contribution is 2.24. The second-order valence-corrected chi connectivity index (χ2v) is 8.02. The summed E-state index contributed by atoms with van der Waals surface area (Å²) in [5.74, 6) is 0. The van der Waals surface area contributed by atoms with Crippen LogP contribution in [0, 0.1) is 6.92 Å². The van der Waals surface area contributed by atoms with Crippen LogP contribution >= 0.6 is 11.5 Å². The number of nitrogens with one attached hydrogen (secondary N) is 1. The lowest BCUT2D eigenvalue weighted by molar-refractivity contribution is 0.183. The van der Waals surface area contributed by atoms with E-state index in [1.165, 1.54) is 6.07 Å². The molecule has 3 rings (SSSR count). The van der Waals surface area contributed by atoms with Gasteiger partial charge in [-0.3, -0.25) is 0 Å². The highest BCUT2D eigenvalue weighted by Gasteiger charge is 2.19. The monoisotopic (exact) mass is 348 g/mol. The molecule has 23 heavy (non-hydrogen) atoms. The maximum atomic E-state index is 12.2. The van der Waals surface area contributed by atoms with E-state index >= 15 is 0 Å². The van der Waals surface area contributed by atoms with Gasteiger partial charge >= 0.3 is 0 Å². The van der Waals surface area contributed by atoms with Crippen molar-refractivity contribution in [3.63, 3.8) is 0 Å². The van der Waals surface area contributed by atoms with Crippen LogP contribution in [0.25, 0.3) is 10.8 Å². The minimum atomic E-state index is -3.65. The van der Waals surface area contributed by atoms with Crippen LogP contribution in [0.2, 0.25) is 0 Å². The molecule has 1 unspecified atom stereocenters. The van der Waals surface area contributed by atoms with E-state index in [2.05, 4.69) is 9.10 Å². The molecule has 2 N–H and O–H groups in total. The Balaban J connectivity index is 1.80. The quantitative estimate of drug-likeness (QED) is 0.743. The predicted octanol–water partition coefficient (Wildman–Crippen LogP) is 2.62. The van der Waals surface area contributed by atoms with Crippen molar-refractivity contribution >= 4 is 32.3 Å². The Bertz CT molecular complexity index is 930. The Morgan fingerprint density at radius 3 is 2.70 bits per heavy atom. The number of benzene rings is 2. The van der Waals surface area contributed by atoms with Gasteiger partial charge in [0.15, 0.2) is 4.21 Å². The molecule has 0 fully saturated rings. The summed E-state index contributed by atoms with van der Waals surface area (Å²) in [5.41, 5.74) is 1.36. The van der Waals surface area contributed by atoms with Crippen molar-refractivity contribution in [2.75, 3.05) is 6.54 Å². The average Bonchev–Trinajstić information content (AvgIpc) is 2.99. The fourth-order valence-electron chi connectivity index (χ4n) is 2.38. The van der Waals surface area contributed by atoms with Gasteiger partial charge in [-0.1, -0.05) is 42.5 Å². The van der Waals surface area contributed by atoms with Gasteiger partial charge < -0.3 is 5.11 Å². The van der Waals surface area contributed by atoms with Crippen LogP contribution in [-0.4, -0.2) is 24.4 Å². The van der Waals surface area contributed by atoms with Crippen molar-refractivity contribution in [3.05, 3.63) is 59.8 Å². The predicted molar refractivity (Wildman–Crippen MR) is 90.9 cm³/mol. The minimum absolute atomic E-state index is 0.0900. The van der Waals surface area contributed by atoms with E-state index in [0.29, 0.717) is 11.3 Å².